The zero-order chi connectivity index (χ0) is 17.2. The van der Waals surface area contributed by atoms with E-state index in [0.717, 1.165) is 31.3 Å². The smallest absolute Gasteiger partial charge is 0.191 e. The highest BCUT2D eigenvalue weighted by Gasteiger charge is 2.09. The predicted octanol–water partition coefficient (Wildman–Crippen LogP) is 2.62. The molecule has 1 aromatic carbocycles. The number of likely N-dealkylation sites (tertiary alicyclic amines) is 1. The topological polar surface area (TPSA) is 48.9 Å². The molecule has 24 heavy (non-hydrogen) atoms. The second-order valence-electron chi connectivity index (χ2n) is 6.57. The van der Waals surface area contributed by atoms with Gasteiger partial charge in [0.05, 0.1) is 6.10 Å². The van der Waals surface area contributed by atoms with E-state index in [0.29, 0.717) is 0 Å². The van der Waals surface area contributed by atoms with Gasteiger partial charge in [-0.05, 0) is 57.5 Å². The number of piperidine rings is 1. The predicted molar refractivity (Wildman–Crippen MR) is 101 cm³/mol. The molecule has 0 unspecified atom stereocenters. The molecule has 0 amide bonds. The van der Waals surface area contributed by atoms with Gasteiger partial charge in [0, 0.05) is 26.7 Å². The highest BCUT2D eigenvalue weighted by molar-refractivity contribution is 5.79. The first kappa shape index (κ1) is 18.6. The van der Waals surface area contributed by atoms with Gasteiger partial charge in [-0.1, -0.05) is 18.6 Å². The largest absolute Gasteiger partial charge is 0.491 e. The lowest BCUT2D eigenvalue weighted by Crippen LogP contribution is -2.42. The molecule has 0 radical (unpaired) electrons. The Bertz CT molecular complexity index is 510. The van der Waals surface area contributed by atoms with Crippen LogP contribution in [-0.4, -0.2) is 50.2 Å². The van der Waals surface area contributed by atoms with Crippen LogP contribution in [0.5, 0.6) is 5.75 Å². The number of rotatable bonds is 7. The van der Waals surface area contributed by atoms with Crippen LogP contribution in [0.2, 0.25) is 0 Å². The second-order valence-corrected chi connectivity index (χ2v) is 6.57. The van der Waals surface area contributed by atoms with Crippen LogP contribution in [0.25, 0.3) is 0 Å². The van der Waals surface area contributed by atoms with Crippen LogP contribution in [0, 0.1) is 0 Å². The van der Waals surface area contributed by atoms with Gasteiger partial charge in [-0.25, -0.2) is 0 Å². The molecule has 0 spiro atoms. The number of hydrogen-bond acceptors (Lipinski definition) is 3. The Morgan fingerprint density at radius 1 is 1.21 bits per heavy atom. The summed E-state index contributed by atoms with van der Waals surface area (Å²) in [6, 6.07) is 8.20. The van der Waals surface area contributed by atoms with Gasteiger partial charge in [-0.15, -0.1) is 0 Å². The maximum absolute atomic E-state index is 5.74. The van der Waals surface area contributed by atoms with Crippen LogP contribution >= 0.6 is 0 Å². The van der Waals surface area contributed by atoms with Crippen molar-refractivity contribution in [3.05, 3.63) is 29.8 Å². The molecule has 1 fully saturated rings. The fraction of sp³-hybridized carbons (Fsp3) is 0.632. The highest BCUT2D eigenvalue weighted by Crippen LogP contribution is 2.14. The normalized spacial score (nSPS) is 16.2. The summed E-state index contributed by atoms with van der Waals surface area (Å²) in [6.45, 7) is 9.29. The summed E-state index contributed by atoms with van der Waals surface area (Å²) in [5.41, 5.74) is 1.19. The van der Waals surface area contributed by atoms with Crippen LogP contribution in [0.15, 0.2) is 29.3 Å². The molecule has 5 heteroatoms. The van der Waals surface area contributed by atoms with Crippen molar-refractivity contribution in [2.75, 3.05) is 33.2 Å². The van der Waals surface area contributed by atoms with Crippen LogP contribution < -0.4 is 15.4 Å². The van der Waals surface area contributed by atoms with Gasteiger partial charge < -0.3 is 20.3 Å². The fourth-order valence-corrected chi connectivity index (χ4v) is 2.92. The summed E-state index contributed by atoms with van der Waals surface area (Å²) in [4.78, 5) is 6.83. The molecule has 1 aromatic rings. The van der Waals surface area contributed by atoms with Gasteiger partial charge >= 0.3 is 0 Å². The van der Waals surface area contributed by atoms with Gasteiger partial charge in [0.15, 0.2) is 5.96 Å². The molecule has 0 saturated carbocycles. The highest BCUT2D eigenvalue weighted by atomic mass is 16.5. The van der Waals surface area contributed by atoms with Gasteiger partial charge in [-0.3, -0.25) is 4.99 Å². The third-order valence-corrected chi connectivity index (χ3v) is 4.12. The molecule has 0 bridgehead atoms. The number of nitrogens with zero attached hydrogens (tertiary/aromatic N) is 2. The Labute approximate surface area is 146 Å². The van der Waals surface area contributed by atoms with E-state index in [4.69, 9.17) is 4.74 Å². The summed E-state index contributed by atoms with van der Waals surface area (Å²) in [7, 11) is 1.81. The molecule has 0 aromatic heterocycles. The maximum atomic E-state index is 5.74. The third kappa shape index (κ3) is 6.79. The van der Waals surface area contributed by atoms with Crippen molar-refractivity contribution < 1.29 is 4.74 Å². The molecular formula is C19H32N4O. The molecule has 0 aliphatic carbocycles. The van der Waals surface area contributed by atoms with Crippen molar-refractivity contribution >= 4 is 5.96 Å². The van der Waals surface area contributed by atoms with Gasteiger partial charge in [0.2, 0.25) is 0 Å². The van der Waals surface area contributed by atoms with E-state index >= 15 is 0 Å². The second kappa shape index (κ2) is 10.2. The van der Waals surface area contributed by atoms with E-state index < -0.39 is 0 Å². The van der Waals surface area contributed by atoms with Crippen molar-refractivity contribution in [2.45, 2.75) is 45.8 Å². The van der Waals surface area contributed by atoms with E-state index in [2.05, 4.69) is 32.7 Å². The Hall–Kier alpha value is -1.75. The van der Waals surface area contributed by atoms with Crippen molar-refractivity contribution in [1.29, 1.82) is 0 Å². The summed E-state index contributed by atoms with van der Waals surface area (Å²) < 4.78 is 5.74. The van der Waals surface area contributed by atoms with Crippen LogP contribution in [0.1, 0.15) is 38.7 Å². The molecule has 2 rings (SSSR count). The summed E-state index contributed by atoms with van der Waals surface area (Å²) >= 11 is 0. The minimum absolute atomic E-state index is 0.192. The summed E-state index contributed by atoms with van der Waals surface area (Å²) in [6.07, 6.45) is 4.24. The quantitative estimate of drug-likeness (QED) is 0.595. The van der Waals surface area contributed by atoms with Crippen molar-refractivity contribution in [3.63, 3.8) is 0 Å². The summed E-state index contributed by atoms with van der Waals surface area (Å²) in [5.74, 6) is 1.76. The Morgan fingerprint density at radius 2 is 2.00 bits per heavy atom. The van der Waals surface area contributed by atoms with E-state index in [1.54, 1.807) is 0 Å². The third-order valence-electron chi connectivity index (χ3n) is 4.12. The molecule has 1 heterocycles. The van der Waals surface area contributed by atoms with E-state index in [1.165, 1.54) is 37.9 Å². The minimum atomic E-state index is 0.192. The Morgan fingerprint density at radius 3 is 2.71 bits per heavy atom. The van der Waals surface area contributed by atoms with E-state index in [9.17, 15) is 0 Å². The van der Waals surface area contributed by atoms with Gasteiger partial charge in [0.1, 0.15) is 5.75 Å². The van der Waals surface area contributed by atoms with E-state index in [-0.39, 0.29) is 6.10 Å². The first-order valence-electron chi connectivity index (χ1n) is 9.10. The van der Waals surface area contributed by atoms with Crippen LogP contribution in [-0.2, 0) is 6.54 Å². The Kier molecular flexibility index (Phi) is 7.89. The molecule has 1 aliphatic rings. The lowest BCUT2D eigenvalue weighted by molar-refractivity contribution is 0.232. The van der Waals surface area contributed by atoms with Crippen LogP contribution in [0.3, 0.4) is 0 Å². The maximum Gasteiger partial charge on any atom is 0.191 e. The van der Waals surface area contributed by atoms with Crippen molar-refractivity contribution in [2.24, 2.45) is 4.99 Å². The zero-order valence-electron chi connectivity index (χ0n) is 15.3. The van der Waals surface area contributed by atoms with Crippen molar-refractivity contribution in [1.82, 2.24) is 15.5 Å². The van der Waals surface area contributed by atoms with Crippen LogP contribution in [0.4, 0.5) is 0 Å². The average molecular weight is 332 g/mol. The molecule has 134 valence electrons. The molecule has 2 N–H and O–H groups in total. The molecule has 1 saturated heterocycles. The fourth-order valence-electron chi connectivity index (χ4n) is 2.92. The standard InChI is InChI=1S/C19H32N4O/c1-16(2)24-18-9-7-8-17(14-18)15-22-19(20-3)21-10-13-23-11-5-4-6-12-23/h7-9,14,16H,4-6,10-13,15H2,1-3H3,(H2,20,21,22). The van der Waals surface area contributed by atoms with E-state index in [1.807, 2.05) is 33.0 Å². The first-order chi connectivity index (χ1) is 11.7. The molecular weight excluding hydrogens is 300 g/mol. The van der Waals surface area contributed by atoms with Gasteiger partial charge in [-0.2, -0.15) is 0 Å². The minimum Gasteiger partial charge on any atom is -0.491 e. The van der Waals surface area contributed by atoms with Gasteiger partial charge in [0.25, 0.3) is 0 Å². The monoisotopic (exact) mass is 332 g/mol. The number of benzene rings is 1. The molecule has 1 aliphatic heterocycles. The Balaban J connectivity index is 1.72. The number of nitrogens with one attached hydrogen (secondary N) is 2. The van der Waals surface area contributed by atoms with Crippen molar-refractivity contribution in [3.8, 4) is 5.75 Å². The SMILES string of the molecule is CN=C(NCCN1CCCCC1)NCc1cccc(OC(C)C)c1. The summed E-state index contributed by atoms with van der Waals surface area (Å²) in [5, 5.41) is 6.77. The number of guanidine groups is 1. The number of ether oxygens (including phenoxy) is 1. The zero-order valence-corrected chi connectivity index (χ0v) is 15.3. The lowest BCUT2D eigenvalue weighted by atomic mass is 10.1. The average Bonchev–Trinajstić information content (AvgIpc) is 2.58. The first-order valence-corrected chi connectivity index (χ1v) is 9.10. The number of hydrogen-bond donors (Lipinski definition) is 2. The number of aliphatic imine (C=N–C) groups is 1. The molecule has 5 nitrogen and oxygen atoms in total. The molecule has 0 atom stereocenters. The lowest BCUT2D eigenvalue weighted by Gasteiger charge is -2.26.